The first-order valence-electron chi connectivity index (χ1n) is 10.6. The van der Waals surface area contributed by atoms with E-state index in [1.54, 1.807) is 6.20 Å². The minimum absolute atomic E-state index is 0. The van der Waals surface area contributed by atoms with Gasteiger partial charge in [-0.3, -0.25) is 9.88 Å². The summed E-state index contributed by atoms with van der Waals surface area (Å²) in [5, 5.41) is 3.37. The Balaban J connectivity index is 0.00000245. The van der Waals surface area contributed by atoms with E-state index in [2.05, 4.69) is 20.2 Å². The third-order valence-corrected chi connectivity index (χ3v) is 5.45. The molecule has 2 aromatic heterocycles. The number of nitrogens with zero attached hydrogens (tertiary/aromatic N) is 4. The molecule has 32 heavy (non-hydrogen) atoms. The molecular weight excluding hydrogens is 430 g/mol. The highest BCUT2D eigenvalue weighted by molar-refractivity contribution is 5.85. The first-order chi connectivity index (χ1) is 15.4. The number of nitrogens with one attached hydrogen (secondary N) is 1. The molecule has 0 atom stereocenters. The highest BCUT2D eigenvalue weighted by Crippen LogP contribution is 2.38. The Morgan fingerprint density at radius 1 is 1.00 bits per heavy atom. The number of hydrogen-bond acceptors (Lipinski definition) is 8. The smallest absolute Gasteiger partial charge is 0.231 e. The molecule has 5 rings (SSSR count). The third-order valence-electron chi connectivity index (χ3n) is 5.45. The van der Waals surface area contributed by atoms with Crippen LogP contribution in [0.3, 0.4) is 0 Å². The second kappa shape index (κ2) is 10.6. The summed E-state index contributed by atoms with van der Waals surface area (Å²) in [6.45, 7) is 5.77. The molecule has 0 unspecified atom stereocenters. The maximum Gasteiger partial charge on any atom is 0.231 e. The molecule has 0 saturated carbocycles. The molecule has 8 nitrogen and oxygen atoms in total. The summed E-state index contributed by atoms with van der Waals surface area (Å²) in [6, 6.07) is 9.81. The monoisotopic (exact) mass is 455 g/mol. The number of benzene rings is 1. The molecule has 4 heterocycles. The number of pyridine rings is 1. The van der Waals surface area contributed by atoms with Crippen LogP contribution in [0.2, 0.25) is 0 Å². The maximum atomic E-state index is 5.55. The molecule has 0 spiro atoms. The number of ether oxygens (including phenoxy) is 3. The van der Waals surface area contributed by atoms with Crippen LogP contribution in [0.5, 0.6) is 11.5 Å². The van der Waals surface area contributed by atoms with Gasteiger partial charge in [0, 0.05) is 49.4 Å². The van der Waals surface area contributed by atoms with Crippen LogP contribution in [0.15, 0.2) is 48.9 Å². The third kappa shape index (κ3) is 5.09. The molecule has 168 valence electrons. The zero-order valence-corrected chi connectivity index (χ0v) is 18.5. The average molecular weight is 456 g/mol. The Labute approximate surface area is 193 Å². The van der Waals surface area contributed by atoms with Gasteiger partial charge < -0.3 is 19.5 Å². The number of hydrogen-bond donors (Lipinski definition) is 1. The zero-order valence-electron chi connectivity index (χ0n) is 17.7. The SMILES string of the molecule is Cl.c1cncc(-c2nc(NCCCN3CCOCC3)ncc2-c2ccc3c(c2)OCO3)c1. The Morgan fingerprint density at radius 2 is 1.88 bits per heavy atom. The van der Waals surface area contributed by atoms with Crippen molar-refractivity contribution in [3.63, 3.8) is 0 Å². The standard InChI is InChI=1S/C23H25N5O3.ClH/c1-3-18(14-24-6-1)22-19(17-4-5-20-21(13-17)31-16-30-20)15-26-23(27-22)25-7-2-8-28-9-11-29-12-10-28;/h1,3-6,13-15H,2,7-12,16H2,(H,25,26,27);1H. The van der Waals surface area contributed by atoms with E-state index >= 15 is 0 Å². The minimum atomic E-state index is 0. The highest BCUT2D eigenvalue weighted by atomic mass is 35.5. The summed E-state index contributed by atoms with van der Waals surface area (Å²) >= 11 is 0. The largest absolute Gasteiger partial charge is 0.454 e. The molecule has 1 aromatic carbocycles. The molecule has 2 aliphatic rings. The number of rotatable bonds is 7. The van der Waals surface area contributed by atoms with Gasteiger partial charge in [0.15, 0.2) is 11.5 Å². The average Bonchev–Trinajstić information content (AvgIpc) is 3.31. The van der Waals surface area contributed by atoms with Gasteiger partial charge in [-0.1, -0.05) is 6.07 Å². The predicted octanol–water partition coefficient (Wildman–Crippen LogP) is 3.49. The lowest BCUT2D eigenvalue weighted by molar-refractivity contribution is 0.0378. The normalized spacial score (nSPS) is 15.2. The molecule has 9 heteroatoms. The quantitative estimate of drug-likeness (QED) is 0.542. The fraction of sp³-hybridized carbons (Fsp3) is 0.348. The van der Waals surface area contributed by atoms with E-state index in [9.17, 15) is 0 Å². The van der Waals surface area contributed by atoms with Gasteiger partial charge in [0.05, 0.1) is 18.9 Å². The Morgan fingerprint density at radius 3 is 2.72 bits per heavy atom. The van der Waals surface area contributed by atoms with Gasteiger partial charge in [0.1, 0.15) is 0 Å². The van der Waals surface area contributed by atoms with Gasteiger partial charge in [0.25, 0.3) is 0 Å². The van der Waals surface area contributed by atoms with Crippen LogP contribution in [0.1, 0.15) is 6.42 Å². The van der Waals surface area contributed by atoms with E-state index in [0.29, 0.717) is 5.95 Å². The molecule has 2 aliphatic heterocycles. The molecule has 3 aromatic rings. The molecule has 0 radical (unpaired) electrons. The summed E-state index contributed by atoms with van der Waals surface area (Å²) in [7, 11) is 0. The van der Waals surface area contributed by atoms with Crippen LogP contribution in [0.4, 0.5) is 5.95 Å². The van der Waals surface area contributed by atoms with E-state index in [0.717, 1.165) is 79.7 Å². The van der Waals surface area contributed by atoms with Gasteiger partial charge in [-0.2, -0.15) is 0 Å². The van der Waals surface area contributed by atoms with E-state index in [4.69, 9.17) is 19.2 Å². The van der Waals surface area contributed by atoms with Crippen molar-refractivity contribution >= 4 is 18.4 Å². The topological polar surface area (TPSA) is 81.6 Å². The van der Waals surface area contributed by atoms with Crippen LogP contribution in [-0.4, -0.2) is 66.0 Å². The van der Waals surface area contributed by atoms with Crippen molar-refractivity contribution in [2.45, 2.75) is 6.42 Å². The molecule has 0 amide bonds. The lowest BCUT2D eigenvalue weighted by atomic mass is 10.0. The van der Waals surface area contributed by atoms with Crippen molar-refractivity contribution in [3.05, 3.63) is 48.9 Å². The van der Waals surface area contributed by atoms with Gasteiger partial charge >= 0.3 is 0 Å². The van der Waals surface area contributed by atoms with Crippen LogP contribution < -0.4 is 14.8 Å². The number of aromatic nitrogens is 3. The fourth-order valence-electron chi connectivity index (χ4n) is 3.79. The molecule has 0 bridgehead atoms. The van der Waals surface area contributed by atoms with Crippen molar-refractivity contribution in [1.82, 2.24) is 19.9 Å². The number of fused-ring (bicyclic) bond motifs is 1. The Hall–Kier alpha value is -2.94. The summed E-state index contributed by atoms with van der Waals surface area (Å²) < 4.78 is 16.4. The van der Waals surface area contributed by atoms with Crippen LogP contribution in [-0.2, 0) is 4.74 Å². The first kappa shape index (κ1) is 22.3. The van der Waals surface area contributed by atoms with E-state index in [-0.39, 0.29) is 19.2 Å². The van der Waals surface area contributed by atoms with Gasteiger partial charge in [-0.05, 0) is 42.8 Å². The minimum Gasteiger partial charge on any atom is -0.454 e. The second-order valence-electron chi connectivity index (χ2n) is 7.50. The summed E-state index contributed by atoms with van der Waals surface area (Å²) in [5.74, 6) is 2.11. The molecule has 1 saturated heterocycles. The van der Waals surface area contributed by atoms with Crippen LogP contribution in [0, 0.1) is 0 Å². The summed E-state index contributed by atoms with van der Waals surface area (Å²) in [5.41, 5.74) is 3.67. The summed E-state index contributed by atoms with van der Waals surface area (Å²) in [4.78, 5) is 16.1. The fourth-order valence-corrected chi connectivity index (χ4v) is 3.79. The highest BCUT2D eigenvalue weighted by Gasteiger charge is 2.17. The van der Waals surface area contributed by atoms with E-state index < -0.39 is 0 Å². The molecular formula is C23H26ClN5O3. The van der Waals surface area contributed by atoms with Crippen molar-refractivity contribution in [1.29, 1.82) is 0 Å². The maximum absolute atomic E-state index is 5.55. The van der Waals surface area contributed by atoms with E-state index in [1.807, 2.05) is 42.7 Å². The molecule has 1 fully saturated rings. The first-order valence-corrected chi connectivity index (χ1v) is 10.6. The Kier molecular flexibility index (Phi) is 7.36. The van der Waals surface area contributed by atoms with Crippen molar-refractivity contribution in [2.24, 2.45) is 0 Å². The van der Waals surface area contributed by atoms with Crippen molar-refractivity contribution < 1.29 is 14.2 Å². The van der Waals surface area contributed by atoms with Gasteiger partial charge in [0.2, 0.25) is 12.7 Å². The van der Waals surface area contributed by atoms with Gasteiger partial charge in [-0.25, -0.2) is 9.97 Å². The summed E-state index contributed by atoms with van der Waals surface area (Å²) in [6.07, 6.45) is 6.46. The predicted molar refractivity (Wildman–Crippen MR) is 124 cm³/mol. The molecule has 1 N–H and O–H groups in total. The second-order valence-corrected chi connectivity index (χ2v) is 7.50. The van der Waals surface area contributed by atoms with E-state index in [1.165, 1.54) is 0 Å². The zero-order chi connectivity index (χ0) is 20.9. The van der Waals surface area contributed by atoms with Gasteiger partial charge in [-0.15, -0.1) is 12.4 Å². The lowest BCUT2D eigenvalue weighted by Crippen LogP contribution is -2.37. The van der Waals surface area contributed by atoms with Crippen molar-refractivity contribution in [2.75, 3.05) is 51.5 Å². The number of anilines is 1. The lowest BCUT2D eigenvalue weighted by Gasteiger charge is -2.26. The van der Waals surface area contributed by atoms with Crippen LogP contribution in [0.25, 0.3) is 22.4 Å². The Bertz CT molecular complexity index is 1030. The van der Waals surface area contributed by atoms with Crippen LogP contribution >= 0.6 is 12.4 Å². The van der Waals surface area contributed by atoms with Crippen molar-refractivity contribution in [3.8, 4) is 33.9 Å². The number of halogens is 1. The number of morpholine rings is 1. The molecule has 0 aliphatic carbocycles.